The molecule has 13 heteroatoms. The Balaban J connectivity index is 1.59. The number of pyridine rings is 1. The Kier molecular flexibility index (Phi) is 10.1. The van der Waals surface area contributed by atoms with Gasteiger partial charge in [-0.1, -0.05) is 6.92 Å². The van der Waals surface area contributed by atoms with Crippen molar-refractivity contribution < 1.29 is 31.9 Å². The van der Waals surface area contributed by atoms with E-state index in [1.165, 1.54) is 30.3 Å². The number of sulfone groups is 1. The van der Waals surface area contributed by atoms with Crippen molar-refractivity contribution in [3.05, 3.63) is 83.8 Å². The molecule has 1 saturated heterocycles. The van der Waals surface area contributed by atoms with Gasteiger partial charge >= 0.3 is 6.09 Å². The van der Waals surface area contributed by atoms with Gasteiger partial charge in [-0.05, 0) is 98.3 Å². The predicted octanol–water partition coefficient (Wildman–Crippen LogP) is 6.23. The van der Waals surface area contributed by atoms with Crippen LogP contribution in [-0.2, 0) is 19.4 Å². The number of aromatic nitrogens is 1. The minimum atomic E-state index is -3.72. The fraction of sp³-hybridized carbons (Fsp3) is 0.324. The molecule has 4 N–H and O–H groups in total. The Morgan fingerprint density at radius 3 is 2.57 bits per heavy atom. The van der Waals surface area contributed by atoms with Gasteiger partial charge in [0, 0.05) is 35.1 Å². The molecule has 0 bridgehead atoms. The largest absolute Gasteiger partial charge is 0.494 e. The van der Waals surface area contributed by atoms with Crippen molar-refractivity contribution in [3.63, 3.8) is 0 Å². The molecule has 47 heavy (non-hydrogen) atoms. The molecule has 1 aromatic heterocycles. The highest BCUT2D eigenvalue weighted by atomic mass is 32.2. The lowest BCUT2D eigenvalue weighted by molar-refractivity contribution is -0.133. The molecular weight excluding hydrogens is 625 g/mol. The molecule has 2 atom stereocenters. The Morgan fingerprint density at radius 1 is 1.04 bits per heavy atom. The van der Waals surface area contributed by atoms with Gasteiger partial charge in [-0.25, -0.2) is 22.6 Å². The summed E-state index contributed by atoms with van der Waals surface area (Å²) in [7, 11) is -3.72. The fourth-order valence-electron chi connectivity index (χ4n) is 5.86. The molecule has 0 saturated carbocycles. The number of anilines is 3. The minimum Gasteiger partial charge on any atom is -0.494 e. The molecule has 248 valence electrons. The lowest BCUT2D eigenvalue weighted by Gasteiger charge is -2.31. The molecule has 0 aliphatic carbocycles. The van der Waals surface area contributed by atoms with Crippen LogP contribution in [0, 0.1) is 5.82 Å². The van der Waals surface area contributed by atoms with E-state index >= 15 is 4.39 Å². The number of nitrogens with zero attached hydrogens (tertiary/aromatic N) is 2. The van der Waals surface area contributed by atoms with Crippen molar-refractivity contribution in [1.82, 2.24) is 9.88 Å². The van der Waals surface area contributed by atoms with Crippen LogP contribution < -0.4 is 21.1 Å². The number of hydrogen-bond donors (Lipinski definition) is 3. The lowest BCUT2D eigenvalue weighted by atomic mass is 10.00. The topological polar surface area (TPSA) is 153 Å². The highest BCUT2D eigenvalue weighted by Crippen LogP contribution is 2.40. The Bertz CT molecular complexity index is 1900. The van der Waals surface area contributed by atoms with Gasteiger partial charge in [-0.15, -0.1) is 0 Å². The Morgan fingerprint density at radius 2 is 1.83 bits per heavy atom. The number of benzene rings is 3. The summed E-state index contributed by atoms with van der Waals surface area (Å²) in [6.45, 7) is 5.82. The average Bonchev–Trinajstić information content (AvgIpc) is 3.55. The van der Waals surface area contributed by atoms with Crippen LogP contribution in [-0.4, -0.2) is 55.8 Å². The van der Waals surface area contributed by atoms with Crippen molar-refractivity contribution >= 4 is 49.8 Å². The summed E-state index contributed by atoms with van der Waals surface area (Å²) in [4.78, 5) is 32.6. The SMILES string of the molecule is CCOC(=O)Nc1ccc(S(=O)(=O)CC)c([C@H]2CCCN2C(=O)[C@@H](Nc2ccc3c(N)nccc3c2)c2cc(OCC)ccc2F)c1. The molecule has 11 nitrogen and oxygen atoms in total. The molecule has 0 spiro atoms. The van der Waals surface area contributed by atoms with Crippen molar-refractivity contribution in [2.24, 2.45) is 0 Å². The van der Waals surface area contributed by atoms with Crippen LogP contribution in [0.2, 0.25) is 0 Å². The summed E-state index contributed by atoms with van der Waals surface area (Å²) in [6, 6.07) is 14.0. The van der Waals surface area contributed by atoms with Crippen LogP contribution >= 0.6 is 0 Å². The molecule has 1 fully saturated rings. The van der Waals surface area contributed by atoms with Gasteiger partial charge in [0.2, 0.25) is 5.91 Å². The summed E-state index contributed by atoms with van der Waals surface area (Å²) < 4.78 is 52.8. The van der Waals surface area contributed by atoms with E-state index in [-0.39, 0.29) is 22.8 Å². The standard InChI is InChI=1S/C34H38FN5O6S/c1-4-45-24-11-13-28(35)26(20-24)31(38-22-9-12-25-21(18-22)15-16-37-32(25)36)33(41)40-17-7-8-29(40)27-19-23(39-34(42)46-5-2)10-14-30(27)47(43,44)6-3/h9-16,18-20,29,31,38H,4-8,17H2,1-3H3,(H2,36,37)(H,39,42)/t29-,31+/m1/s1. The van der Waals surface area contributed by atoms with Gasteiger partial charge in [-0.2, -0.15) is 0 Å². The quantitative estimate of drug-likeness (QED) is 0.169. The molecule has 4 aromatic rings. The van der Waals surface area contributed by atoms with E-state index in [2.05, 4.69) is 15.6 Å². The minimum absolute atomic E-state index is 0.0638. The number of fused-ring (bicyclic) bond motifs is 1. The van der Waals surface area contributed by atoms with E-state index < -0.39 is 39.7 Å². The predicted molar refractivity (Wildman–Crippen MR) is 179 cm³/mol. The number of halogens is 1. The van der Waals surface area contributed by atoms with E-state index in [9.17, 15) is 18.0 Å². The first-order valence-corrected chi connectivity index (χ1v) is 17.2. The molecule has 3 aromatic carbocycles. The molecule has 2 amide bonds. The van der Waals surface area contributed by atoms with Crippen molar-refractivity contribution in [2.75, 3.05) is 41.9 Å². The van der Waals surface area contributed by atoms with E-state index in [4.69, 9.17) is 15.2 Å². The zero-order chi connectivity index (χ0) is 33.7. The second-order valence-electron chi connectivity index (χ2n) is 11.0. The number of amides is 2. The zero-order valence-electron chi connectivity index (χ0n) is 26.5. The number of likely N-dealkylation sites (tertiary alicyclic amines) is 1. The number of carbonyl (C=O) groups excluding carboxylic acids is 2. The summed E-state index contributed by atoms with van der Waals surface area (Å²) in [5.41, 5.74) is 7.33. The van der Waals surface area contributed by atoms with E-state index in [0.29, 0.717) is 54.5 Å². The van der Waals surface area contributed by atoms with Crippen LogP contribution in [0.3, 0.4) is 0 Å². The van der Waals surface area contributed by atoms with Gasteiger partial charge in [0.1, 0.15) is 23.4 Å². The highest BCUT2D eigenvalue weighted by Gasteiger charge is 2.38. The third-order valence-electron chi connectivity index (χ3n) is 8.08. The van der Waals surface area contributed by atoms with Crippen LogP contribution in [0.5, 0.6) is 5.75 Å². The van der Waals surface area contributed by atoms with Crippen molar-refractivity contribution in [3.8, 4) is 5.75 Å². The molecule has 1 aliphatic rings. The number of nitrogens with two attached hydrogens (primary N) is 1. The molecule has 0 radical (unpaired) electrons. The normalized spacial score (nSPS) is 15.3. The maximum Gasteiger partial charge on any atom is 0.411 e. The van der Waals surface area contributed by atoms with E-state index in [1.54, 1.807) is 62.2 Å². The maximum atomic E-state index is 15.6. The summed E-state index contributed by atoms with van der Waals surface area (Å²) in [5.74, 6) is -0.480. The van der Waals surface area contributed by atoms with Crippen molar-refractivity contribution in [1.29, 1.82) is 0 Å². The van der Waals surface area contributed by atoms with Crippen LogP contribution in [0.15, 0.2) is 71.8 Å². The second-order valence-corrected chi connectivity index (χ2v) is 13.3. The average molecular weight is 664 g/mol. The molecule has 2 heterocycles. The zero-order valence-corrected chi connectivity index (χ0v) is 27.3. The van der Waals surface area contributed by atoms with Crippen LogP contribution in [0.25, 0.3) is 10.8 Å². The summed E-state index contributed by atoms with van der Waals surface area (Å²) in [5, 5.41) is 7.36. The fourth-order valence-corrected chi connectivity index (χ4v) is 7.00. The number of ether oxygens (including phenoxy) is 2. The third-order valence-corrected chi connectivity index (χ3v) is 9.89. The first kappa shape index (κ1) is 33.5. The molecule has 5 rings (SSSR count). The number of hydrogen-bond acceptors (Lipinski definition) is 9. The Hall–Kier alpha value is -4.91. The van der Waals surface area contributed by atoms with Gasteiger partial charge in [0.15, 0.2) is 9.84 Å². The first-order chi connectivity index (χ1) is 22.6. The first-order valence-electron chi connectivity index (χ1n) is 15.5. The number of nitrogen functional groups attached to an aromatic ring is 1. The molecule has 0 unspecified atom stereocenters. The molecule has 1 aliphatic heterocycles. The highest BCUT2D eigenvalue weighted by molar-refractivity contribution is 7.91. The number of nitrogens with one attached hydrogen (secondary N) is 2. The number of rotatable bonds is 11. The van der Waals surface area contributed by atoms with Gasteiger partial charge in [-0.3, -0.25) is 10.1 Å². The smallest absolute Gasteiger partial charge is 0.411 e. The van der Waals surface area contributed by atoms with Crippen LogP contribution in [0.1, 0.15) is 56.8 Å². The second kappa shape index (κ2) is 14.2. The van der Waals surface area contributed by atoms with Gasteiger partial charge in [0.25, 0.3) is 0 Å². The summed E-state index contributed by atoms with van der Waals surface area (Å²) >= 11 is 0. The van der Waals surface area contributed by atoms with E-state index in [1.807, 2.05) is 0 Å². The van der Waals surface area contributed by atoms with Crippen LogP contribution in [0.4, 0.5) is 26.4 Å². The third kappa shape index (κ3) is 7.25. The maximum absolute atomic E-state index is 15.6. The van der Waals surface area contributed by atoms with Gasteiger partial charge < -0.3 is 25.4 Å². The monoisotopic (exact) mass is 663 g/mol. The van der Waals surface area contributed by atoms with Gasteiger partial charge in [0.05, 0.1) is 29.9 Å². The van der Waals surface area contributed by atoms with Crippen molar-refractivity contribution in [2.45, 2.75) is 50.6 Å². The van der Waals surface area contributed by atoms with E-state index in [0.717, 1.165) is 10.8 Å². The Labute approximate surface area is 273 Å². The lowest BCUT2D eigenvalue weighted by Crippen LogP contribution is -2.38. The number of carbonyl (C=O) groups is 2. The molecular formula is C34H38FN5O6S. The summed E-state index contributed by atoms with van der Waals surface area (Å²) in [6.07, 6.45) is 1.92.